The highest BCUT2D eigenvalue weighted by atomic mass is 35.5. The van der Waals surface area contributed by atoms with Crippen molar-refractivity contribution in [3.63, 3.8) is 0 Å². The smallest absolute Gasteiger partial charge is 0.231 e. The highest BCUT2D eigenvalue weighted by molar-refractivity contribution is 7.98. The normalized spacial score (nSPS) is 10.8. The van der Waals surface area contributed by atoms with Crippen LogP contribution < -0.4 is 0 Å². The molecule has 0 saturated heterocycles. The Morgan fingerprint density at radius 3 is 2.67 bits per heavy atom. The minimum Gasteiger partial charge on any atom is -0.231 e. The molecule has 0 aromatic carbocycles. The number of thioether (sulfide) groups is 1. The van der Waals surface area contributed by atoms with E-state index in [-0.39, 0.29) is 10.7 Å². The average Bonchev–Trinajstić information content (AvgIpc) is 2.03. The van der Waals surface area contributed by atoms with Crippen molar-refractivity contribution in [1.29, 1.82) is 0 Å². The van der Waals surface area contributed by atoms with Gasteiger partial charge >= 0.3 is 0 Å². The van der Waals surface area contributed by atoms with Gasteiger partial charge in [0.15, 0.2) is 5.16 Å². The number of hydrogen-bond donors (Lipinski definition) is 0. The average molecular weight is 211 g/mol. The maximum atomic E-state index is 12.1. The second kappa shape index (κ2) is 4.00. The molecule has 1 heterocycles. The zero-order chi connectivity index (χ0) is 9.14. The molecule has 0 unspecified atom stereocenters. The van der Waals surface area contributed by atoms with Gasteiger partial charge in [-0.05, 0) is 6.26 Å². The van der Waals surface area contributed by atoms with Crippen molar-refractivity contribution in [2.75, 3.05) is 6.26 Å². The van der Waals surface area contributed by atoms with Crippen LogP contribution in [0, 0.1) is 0 Å². The molecule has 0 spiro atoms. The molecular formula is C6H5ClF2N2S. The molecule has 0 aliphatic rings. The van der Waals surface area contributed by atoms with Gasteiger partial charge in [-0.25, -0.2) is 18.7 Å². The molecule has 0 aliphatic carbocycles. The second-order valence-corrected chi connectivity index (χ2v) is 3.03. The summed E-state index contributed by atoms with van der Waals surface area (Å²) in [5.41, 5.74) is -0.325. The SMILES string of the molecule is CSc1ncc(C(F)F)c(Cl)n1. The Morgan fingerprint density at radius 2 is 2.25 bits per heavy atom. The molecule has 1 rings (SSSR count). The summed E-state index contributed by atoms with van der Waals surface area (Å²) in [5.74, 6) is 0. The number of alkyl halides is 2. The zero-order valence-electron chi connectivity index (χ0n) is 6.09. The highest BCUT2D eigenvalue weighted by Crippen LogP contribution is 2.25. The zero-order valence-corrected chi connectivity index (χ0v) is 7.66. The van der Waals surface area contributed by atoms with Gasteiger partial charge < -0.3 is 0 Å². The topological polar surface area (TPSA) is 25.8 Å². The quantitative estimate of drug-likeness (QED) is 0.427. The minimum atomic E-state index is -2.62. The molecule has 66 valence electrons. The van der Waals surface area contributed by atoms with E-state index in [1.165, 1.54) is 11.8 Å². The van der Waals surface area contributed by atoms with Gasteiger partial charge in [0.2, 0.25) is 0 Å². The van der Waals surface area contributed by atoms with Gasteiger partial charge in [-0.3, -0.25) is 0 Å². The first-order chi connectivity index (χ1) is 5.65. The van der Waals surface area contributed by atoms with E-state index in [1.807, 2.05) is 0 Å². The van der Waals surface area contributed by atoms with Gasteiger partial charge in [0, 0.05) is 6.20 Å². The molecule has 0 bridgehead atoms. The number of nitrogens with zero attached hydrogens (tertiary/aromatic N) is 2. The number of halogens is 3. The van der Waals surface area contributed by atoms with Crippen LogP contribution in [0.2, 0.25) is 5.15 Å². The fraction of sp³-hybridized carbons (Fsp3) is 0.333. The van der Waals surface area contributed by atoms with E-state index >= 15 is 0 Å². The Balaban J connectivity index is 3.03. The van der Waals surface area contributed by atoms with Gasteiger partial charge in [0.1, 0.15) is 5.15 Å². The molecule has 0 fully saturated rings. The summed E-state index contributed by atoms with van der Waals surface area (Å²) in [5, 5.41) is 0.216. The minimum absolute atomic E-state index is 0.177. The molecule has 0 N–H and O–H groups in total. The first-order valence-electron chi connectivity index (χ1n) is 2.99. The van der Waals surface area contributed by atoms with E-state index in [1.54, 1.807) is 6.26 Å². The van der Waals surface area contributed by atoms with E-state index in [4.69, 9.17) is 11.6 Å². The molecule has 1 aromatic heterocycles. The molecule has 0 atom stereocenters. The lowest BCUT2D eigenvalue weighted by Crippen LogP contribution is -1.93. The third kappa shape index (κ3) is 2.04. The largest absolute Gasteiger partial charge is 0.268 e. The van der Waals surface area contributed by atoms with Crippen LogP contribution in [0.4, 0.5) is 8.78 Å². The van der Waals surface area contributed by atoms with Crippen molar-refractivity contribution in [2.24, 2.45) is 0 Å². The lowest BCUT2D eigenvalue weighted by Gasteiger charge is -2.01. The Hall–Kier alpha value is -0.420. The Kier molecular flexibility index (Phi) is 3.22. The van der Waals surface area contributed by atoms with Gasteiger partial charge in [-0.1, -0.05) is 23.4 Å². The molecule has 0 amide bonds. The van der Waals surface area contributed by atoms with Crippen molar-refractivity contribution in [2.45, 2.75) is 11.6 Å². The standard InChI is InChI=1S/C6H5ClF2N2S/c1-12-6-10-2-3(5(8)9)4(7)11-6/h2,5H,1H3. The third-order valence-corrected chi connectivity index (χ3v) is 2.03. The van der Waals surface area contributed by atoms with Crippen LogP contribution in [0.15, 0.2) is 11.4 Å². The molecule has 0 aliphatic heterocycles. The van der Waals surface area contributed by atoms with Gasteiger partial charge in [0.25, 0.3) is 6.43 Å². The van der Waals surface area contributed by atoms with E-state index in [9.17, 15) is 8.78 Å². The summed E-state index contributed by atoms with van der Waals surface area (Å²) in [6.45, 7) is 0. The lowest BCUT2D eigenvalue weighted by atomic mass is 10.4. The molecule has 1 aromatic rings. The van der Waals surface area contributed by atoms with Crippen molar-refractivity contribution < 1.29 is 8.78 Å². The number of aromatic nitrogens is 2. The van der Waals surface area contributed by atoms with Crippen molar-refractivity contribution in [3.8, 4) is 0 Å². The summed E-state index contributed by atoms with van der Waals surface area (Å²) in [6, 6.07) is 0. The highest BCUT2D eigenvalue weighted by Gasteiger charge is 2.13. The summed E-state index contributed by atoms with van der Waals surface area (Å²) in [7, 11) is 0. The van der Waals surface area contributed by atoms with E-state index in [0.29, 0.717) is 5.16 Å². The first-order valence-corrected chi connectivity index (χ1v) is 4.60. The molecule has 12 heavy (non-hydrogen) atoms. The van der Waals surface area contributed by atoms with Crippen LogP contribution in [-0.4, -0.2) is 16.2 Å². The Labute approximate surface area is 77.4 Å². The van der Waals surface area contributed by atoms with Crippen LogP contribution in [0.25, 0.3) is 0 Å². The predicted molar refractivity (Wildman–Crippen MR) is 43.8 cm³/mol. The maximum absolute atomic E-state index is 12.1. The summed E-state index contributed by atoms with van der Waals surface area (Å²) in [6.07, 6.45) is 0.174. The monoisotopic (exact) mass is 210 g/mol. The van der Waals surface area contributed by atoms with E-state index < -0.39 is 6.43 Å². The van der Waals surface area contributed by atoms with Crippen LogP contribution in [0.5, 0.6) is 0 Å². The van der Waals surface area contributed by atoms with E-state index in [0.717, 1.165) is 6.20 Å². The molecule has 0 radical (unpaired) electrons. The third-order valence-electron chi connectivity index (χ3n) is 1.16. The van der Waals surface area contributed by atoms with Gasteiger partial charge in [0.05, 0.1) is 5.56 Å². The van der Waals surface area contributed by atoms with Crippen LogP contribution in [0.3, 0.4) is 0 Å². The Bertz CT molecular complexity index is 282. The summed E-state index contributed by atoms with van der Waals surface area (Å²) in [4.78, 5) is 7.32. The van der Waals surface area contributed by atoms with E-state index in [2.05, 4.69) is 9.97 Å². The fourth-order valence-electron chi connectivity index (χ4n) is 0.600. The first kappa shape index (κ1) is 9.67. The number of hydrogen-bond acceptors (Lipinski definition) is 3. The predicted octanol–water partition coefficient (Wildman–Crippen LogP) is 2.79. The number of rotatable bonds is 2. The van der Waals surface area contributed by atoms with Crippen LogP contribution >= 0.6 is 23.4 Å². The van der Waals surface area contributed by atoms with Gasteiger partial charge in [-0.2, -0.15) is 0 Å². The molecule has 6 heteroatoms. The van der Waals surface area contributed by atoms with Gasteiger partial charge in [-0.15, -0.1) is 0 Å². The molecule has 0 saturated carbocycles. The van der Waals surface area contributed by atoms with Crippen molar-refractivity contribution in [1.82, 2.24) is 9.97 Å². The molecular weight excluding hydrogens is 206 g/mol. The lowest BCUT2D eigenvalue weighted by molar-refractivity contribution is 0.150. The second-order valence-electron chi connectivity index (χ2n) is 1.90. The summed E-state index contributed by atoms with van der Waals surface area (Å²) >= 11 is 6.71. The fourth-order valence-corrected chi connectivity index (χ4v) is 1.20. The maximum Gasteiger partial charge on any atom is 0.268 e. The van der Waals surface area contributed by atoms with Crippen molar-refractivity contribution >= 4 is 23.4 Å². The molecule has 2 nitrogen and oxygen atoms in total. The van der Waals surface area contributed by atoms with Crippen LogP contribution in [-0.2, 0) is 0 Å². The summed E-state index contributed by atoms with van der Waals surface area (Å²) < 4.78 is 24.2. The Morgan fingerprint density at radius 1 is 1.58 bits per heavy atom. The van der Waals surface area contributed by atoms with Crippen LogP contribution in [0.1, 0.15) is 12.0 Å². The van der Waals surface area contributed by atoms with Crippen molar-refractivity contribution in [3.05, 3.63) is 16.9 Å².